The van der Waals surface area contributed by atoms with Crippen molar-refractivity contribution < 1.29 is 27.4 Å². The van der Waals surface area contributed by atoms with E-state index in [1.165, 1.54) is 23.7 Å². The minimum atomic E-state index is -3.75. The standard InChI is InChI=1S/C21H26N4O6S/c1-29-20-5-2-16(15-22-20)23-21(26)18-14-17(32(27,28)25-8-12-31-13-9-25)3-4-19(18)24-6-10-30-11-7-24/h2-5,14-15H,6-13H2,1H3,(H,23,26). The summed E-state index contributed by atoms with van der Waals surface area (Å²) in [6, 6.07) is 8.01. The zero-order chi connectivity index (χ0) is 22.6. The number of anilines is 2. The number of carbonyl (C=O) groups is 1. The van der Waals surface area contributed by atoms with Crippen LogP contribution in [0.2, 0.25) is 0 Å². The van der Waals surface area contributed by atoms with Crippen molar-refractivity contribution in [1.82, 2.24) is 9.29 Å². The van der Waals surface area contributed by atoms with E-state index >= 15 is 0 Å². The topological polar surface area (TPSA) is 110 Å². The SMILES string of the molecule is COc1ccc(NC(=O)c2cc(S(=O)(=O)N3CCOCC3)ccc2N2CCOCC2)cn1. The van der Waals surface area contributed by atoms with Crippen LogP contribution in [0.15, 0.2) is 41.4 Å². The van der Waals surface area contributed by atoms with Crippen molar-refractivity contribution in [3.05, 3.63) is 42.1 Å². The van der Waals surface area contributed by atoms with Gasteiger partial charge in [-0.3, -0.25) is 4.79 Å². The van der Waals surface area contributed by atoms with E-state index in [1.54, 1.807) is 24.3 Å². The number of nitrogens with zero attached hydrogens (tertiary/aromatic N) is 3. The average Bonchev–Trinajstić information content (AvgIpc) is 2.85. The maximum absolute atomic E-state index is 13.2. The summed E-state index contributed by atoms with van der Waals surface area (Å²) in [7, 11) is -2.24. The first-order valence-electron chi connectivity index (χ1n) is 10.3. The average molecular weight is 463 g/mol. The number of morpholine rings is 2. The van der Waals surface area contributed by atoms with Gasteiger partial charge in [-0.05, 0) is 24.3 Å². The Kier molecular flexibility index (Phi) is 6.89. The first-order valence-corrected chi connectivity index (χ1v) is 11.8. The van der Waals surface area contributed by atoms with Gasteiger partial charge in [0.1, 0.15) is 0 Å². The second kappa shape index (κ2) is 9.82. The van der Waals surface area contributed by atoms with Gasteiger partial charge in [-0.2, -0.15) is 4.31 Å². The third-order valence-corrected chi connectivity index (χ3v) is 7.27. The normalized spacial score (nSPS) is 17.7. The molecule has 1 aromatic heterocycles. The molecule has 2 fully saturated rings. The van der Waals surface area contributed by atoms with Gasteiger partial charge in [-0.25, -0.2) is 13.4 Å². The second-order valence-electron chi connectivity index (χ2n) is 7.34. The van der Waals surface area contributed by atoms with Crippen molar-refractivity contribution in [2.24, 2.45) is 0 Å². The van der Waals surface area contributed by atoms with Crippen LogP contribution in [-0.2, 0) is 19.5 Å². The number of sulfonamides is 1. The molecule has 32 heavy (non-hydrogen) atoms. The molecular formula is C21H26N4O6S. The van der Waals surface area contributed by atoms with Crippen molar-refractivity contribution in [2.45, 2.75) is 4.90 Å². The van der Waals surface area contributed by atoms with Crippen LogP contribution in [0, 0.1) is 0 Å². The Balaban J connectivity index is 1.67. The lowest BCUT2D eigenvalue weighted by atomic mass is 10.1. The number of hydrogen-bond donors (Lipinski definition) is 1. The van der Waals surface area contributed by atoms with Crippen molar-refractivity contribution in [3.8, 4) is 5.88 Å². The van der Waals surface area contributed by atoms with E-state index in [0.717, 1.165) is 0 Å². The molecule has 2 aromatic rings. The van der Waals surface area contributed by atoms with Gasteiger partial charge in [0.05, 0.1) is 55.9 Å². The molecule has 1 aromatic carbocycles. The summed E-state index contributed by atoms with van der Waals surface area (Å²) in [5.74, 6) is 0.00749. The minimum absolute atomic E-state index is 0.0782. The van der Waals surface area contributed by atoms with Crippen LogP contribution in [0.3, 0.4) is 0 Å². The number of pyridine rings is 1. The summed E-state index contributed by atoms with van der Waals surface area (Å²) in [5.41, 5.74) is 1.41. The summed E-state index contributed by atoms with van der Waals surface area (Å²) < 4.78 is 43.4. The van der Waals surface area contributed by atoms with E-state index < -0.39 is 15.9 Å². The van der Waals surface area contributed by atoms with Gasteiger partial charge in [0.15, 0.2) is 0 Å². The third kappa shape index (κ3) is 4.85. The second-order valence-corrected chi connectivity index (χ2v) is 9.28. The number of carbonyl (C=O) groups excluding carboxylic acids is 1. The molecule has 1 N–H and O–H groups in total. The van der Waals surface area contributed by atoms with Crippen LogP contribution in [0.5, 0.6) is 5.88 Å². The molecule has 4 rings (SSSR count). The highest BCUT2D eigenvalue weighted by molar-refractivity contribution is 7.89. The van der Waals surface area contributed by atoms with Gasteiger partial charge in [0.2, 0.25) is 15.9 Å². The molecule has 2 saturated heterocycles. The van der Waals surface area contributed by atoms with Crippen LogP contribution in [0.4, 0.5) is 11.4 Å². The Morgan fingerprint density at radius 3 is 2.34 bits per heavy atom. The molecule has 1 amide bonds. The molecule has 172 valence electrons. The number of methoxy groups -OCH3 is 1. The summed E-state index contributed by atoms with van der Waals surface area (Å²) in [4.78, 5) is 19.4. The third-order valence-electron chi connectivity index (χ3n) is 5.38. The zero-order valence-corrected chi connectivity index (χ0v) is 18.6. The minimum Gasteiger partial charge on any atom is -0.481 e. The first-order chi connectivity index (χ1) is 15.5. The quantitative estimate of drug-likeness (QED) is 0.682. The smallest absolute Gasteiger partial charge is 0.257 e. The molecule has 0 unspecified atom stereocenters. The van der Waals surface area contributed by atoms with Crippen LogP contribution in [0.1, 0.15) is 10.4 Å². The molecule has 2 aliphatic heterocycles. The molecule has 0 spiro atoms. The van der Waals surface area contributed by atoms with Crippen molar-refractivity contribution >= 4 is 27.3 Å². The number of nitrogens with one attached hydrogen (secondary N) is 1. The molecule has 11 heteroatoms. The predicted octanol–water partition coefficient (Wildman–Crippen LogP) is 1.20. The van der Waals surface area contributed by atoms with Gasteiger partial charge < -0.3 is 24.4 Å². The molecule has 0 atom stereocenters. The van der Waals surface area contributed by atoms with E-state index in [4.69, 9.17) is 14.2 Å². The van der Waals surface area contributed by atoms with E-state index in [-0.39, 0.29) is 23.5 Å². The molecule has 0 saturated carbocycles. The summed E-state index contributed by atoms with van der Waals surface area (Å²) in [5, 5.41) is 2.80. The summed E-state index contributed by atoms with van der Waals surface area (Å²) in [6.45, 7) is 3.57. The fourth-order valence-electron chi connectivity index (χ4n) is 3.65. The lowest BCUT2D eigenvalue weighted by molar-refractivity contribution is 0.0730. The number of hydrogen-bond acceptors (Lipinski definition) is 8. The van der Waals surface area contributed by atoms with Gasteiger partial charge in [-0.15, -0.1) is 0 Å². The van der Waals surface area contributed by atoms with Crippen LogP contribution < -0.4 is 15.0 Å². The van der Waals surface area contributed by atoms with Crippen molar-refractivity contribution in [2.75, 3.05) is 69.9 Å². The lowest BCUT2D eigenvalue weighted by Gasteiger charge is -2.31. The highest BCUT2D eigenvalue weighted by Gasteiger charge is 2.29. The number of ether oxygens (including phenoxy) is 3. The molecular weight excluding hydrogens is 436 g/mol. The highest BCUT2D eigenvalue weighted by atomic mass is 32.2. The molecule has 10 nitrogen and oxygen atoms in total. The Labute approximate surface area is 187 Å². The molecule has 0 bridgehead atoms. The number of amides is 1. The monoisotopic (exact) mass is 462 g/mol. The fourth-order valence-corrected chi connectivity index (χ4v) is 5.08. The number of benzene rings is 1. The van der Waals surface area contributed by atoms with E-state index in [2.05, 4.69) is 10.3 Å². The van der Waals surface area contributed by atoms with Crippen LogP contribution in [0.25, 0.3) is 0 Å². The maximum atomic E-state index is 13.2. The molecule has 0 radical (unpaired) electrons. The summed E-state index contributed by atoms with van der Waals surface area (Å²) >= 11 is 0. The number of rotatable bonds is 6. The van der Waals surface area contributed by atoms with Crippen LogP contribution >= 0.6 is 0 Å². The predicted molar refractivity (Wildman–Crippen MR) is 118 cm³/mol. The first kappa shape index (κ1) is 22.5. The van der Waals surface area contributed by atoms with Gasteiger partial charge in [0.25, 0.3) is 5.91 Å². The number of aromatic nitrogens is 1. The van der Waals surface area contributed by atoms with E-state index in [0.29, 0.717) is 56.8 Å². The molecule has 3 heterocycles. The van der Waals surface area contributed by atoms with Crippen molar-refractivity contribution in [1.29, 1.82) is 0 Å². The highest BCUT2D eigenvalue weighted by Crippen LogP contribution is 2.28. The van der Waals surface area contributed by atoms with Gasteiger partial charge in [0, 0.05) is 37.9 Å². The Bertz CT molecular complexity index is 1050. The molecule has 2 aliphatic rings. The van der Waals surface area contributed by atoms with Crippen molar-refractivity contribution in [3.63, 3.8) is 0 Å². The maximum Gasteiger partial charge on any atom is 0.257 e. The largest absolute Gasteiger partial charge is 0.481 e. The summed E-state index contributed by atoms with van der Waals surface area (Å²) in [6.07, 6.45) is 1.49. The van der Waals surface area contributed by atoms with Gasteiger partial charge in [-0.1, -0.05) is 0 Å². The fraction of sp³-hybridized carbons (Fsp3) is 0.429. The van der Waals surface area contributed by atoms with Gasteiger partial charge >= 0.3 is 0 Å². The zero-order valence-electron chi connectivity index (χ0n) is 17.8. The Morgan fingerprint density at radius 1 is 1.03 bits per heavy atom. The molecule has 0 aliphatic carbocycles. The Morgan fingerprint density at radius 2 is 1.72 bits per heavy atom. The lowest BCUT2D eigenvalue weighted by Crippen LogP contribution is -2.41. The van der Waals surface area contributed by atoms with Crippen LogP contribution in [-0.4, -0.2) is 83.3 Å². The van der Waals surface area contributed by atoms with E-state index in [1.807, 2.05) is 4.90 Å². The Hall–Kier alpha value is -2.73. The van der Waals surface area contributed by atoms with E-state index in [9.17, 15) is 13.2 Å².